The molecular formula is C19H32O3S. The van der Waals surface area contributed by atoms with Gasteiger partial charge in [-0.15, -0.1) is 0 Å². The summed E-state index contributed by atoms with van der Waals surface area (Å²) in [5, 5.41) is 0. The quantitative estimate of drug-likeness (QED) is 0.394. The third-order valence-electron chi connectivity index (χ3n) is 4.74. The molecule has 1 aromatic rings. The molecule has 0 heterocycles. The molecule has 1 rings (SSSR count). The molecule has 3 nitrogen and oxygen atoms in total. The predicted octanol–water partition coefficient (Wildman–Crippen LogP) is 5.51. The van der Waals surface area contributed by atoms with Crippen molar-refractivity contribution in [2.75, 3.05) is 7.11 Å². The van der Waals surface area contributed by atoms with Crippen LogP contribution in [0.2, 0.25) is 0 Å². The van der Waals surface area contributed by atoms with Crippen LogP contribution in [0.3, 0.4) is 0 Å². The normalized spacial score (nSPS) is 14.6. The minimum absolute atomic E-state index is 0.223. The number of rotatable bonds is 11. The van der Waals surface area contributed by atoms with Gasteiger partial charge in [0.1, 0.15) is 0 Å². The van der Waals surface area contributed by atoms with Crippen LogP contribution in [0.1, 0.15) is 77.2 Å². The van der Waals surface area contributed by atoms with Gasteiger partial charge in [0.25, 0.3) is 10.1 Å². The van der Waals surface area contributed by atoms with E-state index in [0.717, 1.165) is 12.3 Å². The summed E-state index contributed by atoms with van der Waals surface area (Å²) in [5.74, 6) is 1.32. The zero-order valence-corrected chi connectivity index (χ0v) is 15.9. The Morgan fingerprint density at radius 3 is 2.04 bits per heavy atom. The van der Waals surface area contributed by atoms with Crippen LogP contribution in [-0.4, -0.2) is 15.5 Å². The van der Waals surface area contributed by atoms with Crippen LogP contribution in [0.15, 0.2) is 29.2 Å². The largest absolute Gasteiger partial charge is 0.296 e. The lowest BCUT2D eigenvalue weighted by molar-refractivity contribution is 0.397. The van der Waals surface area contributed by atoms with Gasteiger partial charge in [-0.25, -0.2) is 0 Å². The Labute approximate surface area is 142 Å². The Morgan fingerprint density at radius 2 is 1.52 bits per heavy atom. The van der Waals surface area contributed by atoms with Gasteiger partial charge in [0.2, 0.25) is 0 Å². The van der Waals surface area contributed by atoms with Crippen LogP contribution >= 0.6 is 0 Å². The summed E-state index contributed by atoms with van der Waals surface area (Å²) < 4.78 is 27.7. The van der Waals surface area contributed by atoms with Gasteiger partial charge in [0, 0.05) is 0 Å². The SMILES string of the molecule is CCC(C)CCCCCCC(C)c1ccc(S(=O)(=O)OC)cc1. The highest BCUT2D eigenvalue weighted by atomic mass is 32.2. The van der Waals surface area contributed by atoms with E-state index >= 15 is 0 Å². The third kappa shape index (κ3) is 7.05. The zero-order chi connectivity index (χ0) is 17.3. The molecule has 0 bridgehead atoms. The van der Waals surface area contributed by atoms with Crippen molar-refractivity contribution < 1.29 is 12.6 Å². The molecule has 4 heteroatoms. The van der Waals surface area contributed by atoms with Crippen LogP contribution in [0, 0.1) is 5.92 Å². The first-order valence-corrected chi connectivity index (χ1v) is 10.2. The highest BCUT2D eigenvalue weighted by Crippen LogP contribution is 2.24. The van der Waals surface area contributed by atoms with Crippen molar-refractivity contribution in [1.82, 2.24) is 0 Å². The summed E-state index contributed by atoms with van der Waals surface area (Å²) >= 11 is 0. The van der Waals surface area contributed by atoms with E-state index in [1.54, 1.807) is 12.1 Å². The summed E-state index contributed by atoms with van der Waals surface area (Å²) in [6.45, 7) is 6.80. The van der Waals surface area contributed by atoms with E-state index in [1.165, 1.54) is 51.2 Å². The second kappa shape index (κ2) is 10.1. The van der Waals surface area contributed by atoms with E-state index in [0.29, 0.717) is 5.92 Å². The van der Waals surface area contributed by atoms with E-state index in [4.69, 9.17) is 0 Å². The molecule has 0 aliphatic carbocycles. The Morgan fingerprint density at radius 1 is 0.957 bits per heavy atom. The first-order valence-electron chi connectivity index (χ1n) is 8.81. The minimum Gasteiger partial charge on any atom is -0.270 e. The van der Waals surface area contributed by atoms with Gasteiger partial charge in [-0.3, -0.25) is 4.18 Å². The Hall–Kier alpha value is -0.870. The van der Waals surface area contributed by atoms with Gasteiger partial charge in [0.15, 0.2) is 0 Å². The lowest BCUT2D eigenvalue weighted by Crippen LogP contribution is -2.03. The average Bonchev–Trinajstić information content (AvgIpc) is 2.57. The molecule has 0 saturated heterocycles. The molecule has 1 aromatic carbocycles. The fourth-order valence-electron chi connectivity index (χ4n) is 2.73. The van der Waals surface area contributed by atoms with Crippen molar-refractivity contribution in [2.24, 2.45) is 5.92 Å². The van der Waals surface area contributed by atoms with Crippen molar-refractivity contribution >= 4 is 10.1 Å². The van der Waals surface area contributed by atoms with Crippen molar-refractivity contribution in [3.63, 3.8) is 0 Å². The van der Waals surface area contributed by atoms with Gasteiger partial charge in [-0.2, -0.15) is 8.42 Å². The minimum atomic E-state index is -3.58. The van der Waals surface area contributed by atoms with E-state index in [1.807, 2.05) is 12.1 Å². The molecule has 0 aliphatic heterocycles. The summed E-state index contributed by atoms with van der Waals surface area (Å²) in [4.78, 5) is 0.223. The summed E-state index contributed by atoms with van der Waals surface area (Å²) in [6.07, 6.45) is 8.97. The second-order valence-electron chi connectivity index (χ2n) is 6.60. The summed E-state index contributed by atoms with van der Waals surface area (Å²) in [5.41, 5.74) is 1.19. The van der Waals surface area contributed by atoms with E-state index in [9.17, 15) is 8.42 Å². The van der Waals surface area contributed by atoms with E-state index < -0.39 is 10.1 Å². The molecule has 0 amide bonds. The number of benzene rings is 1. The maximum atomic E-state index is 11.6. The first kappa shape index (κ1) is 20.2. The van der Waals surface area contributed by atoms with Crippen molar-refractivity contribution in [3.8, 4) is 0 Å². The molecule has 0 saturated carbocycles. The third-order valence-corrected chi connectivity index (χ3v) is 6.03. The van der Waals surface area contributed by atoms with Gasteiger partial charge in [0.05, 0.1) is 12.0 Å². The van der Waals surface area contributed by atoms with E-state index in [2.05, 4.69) is 25.0 Å². The molecule has 23 heavy (non-hydrogen) atoms. The molecule has 0 fully saturated rings. The van der Waals surface area contributed by atoms with Gasteiger partial charge in [-0.05, 0) is 36.0 Å². The van der Waals surface area contributed by atoms with Crippen LogP contribution in [-0.2, 0) is 14.3 Å². The summed E-state index contributed by atoms with van der Waals surface area (Å²) in [7, 11) is -2.39. The summed E-state index contributed by atoms with van der Waals surface area (Å²) in [6, 6.07) is 7.08. The number of unbranched alkanes of at least 4 members (excludes halogenated alkanes) is 3. The number of hydrogen-bond donors (Lipinski definition) is 0. The average molecular weight is 341 g/mol. The van der Waals surface area contributed by atoms with Gasteiger partial charge >= 0.3 is 0 Å². The zero-order valence-electron chi connectivity index (χ0n) is 15.0. The maximum absolute atomic E-state index is 11.6. The lowest BCUT2D eigenvalue weighted by Gasteiger charge is -2.13. The molecule has 0 spiro atoms. The smallest absolute Gasteiger partial charge is 0.270 e. The molecule has 2 atom stereocenters. The van der Waals surface area contributed by atoms with Crippen LogP contribution in [0.5, 0.6) is 0 Å². The molecular weight excluding hydrogens is 308 g/mol. The molecule has 132 valence electrons. The molecule has 0 aromatic heterocycles. The highest BCUT2D eigenvalue weighted by Gasteiger charge is 2.13. The number of hydrogen-bond acceptors (Lipinski definition) is 3. The molecule has 0 aliphatic rings. The van der Waals surface area contributed by atoms with Gasteiger partial charge in [-0.1, -0.05) is 71.4 Å². The fraction of sp³-hybridized carbons (Fsp3) is 0.684. The lowest BCUT2D eigenvalue weighted by atomic mass is 9.94. The van der Waals surface area contributed by atoms with Crippen molar-refractivity contribution in [1.29, 1.82) is 0 Å². The Balaban J connectivity index is 2.34. The Bertz CT molecular complexity index is 534. The molecule has 0 N–H and O–H groups in total. The molecule has 2 unspecified atom stereocenters. The Kier molecular flexibility index (Phi) is 8.85. The second-order valence-corrected chi connectivity index (χ2v) is 8.31. The molecule has 0 radical (unpaired) electrons. The standard InChI is InChI=1S/C19H32O3S/c1-5-16(2)10-8-6-7-9-11-17(3)18-12-14-19(15-13-18)23(20,21)22-4/h12-17H,5-11H2,1-4H3. The van der Waals surface area contributed by atoms with E-state index in [-0.39, 0.29) is 4.90 Å². The van der Waals surface area contributed by atoms with Crippen LogP contribution in [0.25, 0.3) is 0 Å². The first-order chi connectivity index (χ1) is 10.9. The van der Waals surface area contributed by atoms with Crippen LogP contribution in [0.4, 0.5) is 0 Å². The van der Waals surface area contributed by atoms with Crippen molar-refractivity contribution in [2.45, 2.75) is 76.5 Å². The van der Waals surface area contributed by atoms with Crippen LogP contribution < -0.4 is 0 Å². The predicted molar refractivity (Wildman–Crippen MR) is 96.2 cm³/mol. The monoisotopic (exact) mass is 340 g/mol. The maximum Gasteiger partial charge on any atom is 0.296 e. The van der Waals surface area contributed by atoms with Crippen molar-refractivity contribution in [3.05, 3.63) is 29.8 Å². The fourth-order valence-corrected chi connectivity index (χ4v) is 3.39. The van der Waals surface area contributed by atoms with Gasteiger partial charge < -0.3 is 0 Å². The highest BCUT2D eigenvalue weighted by molar-refractivity contribution is 7.86. The topological polar surface area (TPSA) is 43.4 Å².